The predicted molar refractivity (Wildman–Crippen MR) is 64.8 cm³/mol. The number of aliphatic hydroxyl groups is 1. The van der Waals surface area contributed by atoms with Crippen LogP contribution in [-0.2, 0) is 0 Å². The molecule has 1 aromatic carbocycles. The maximum absolute atomic E-state index is 9.00. The average Bonchev–Trinajstić information content (AvgIpc) is 2.27. The van der Waals surface area contributed by atoms with E-state index in [0.717, 1.165) is 17.1 Å². The predicted octanol–water partition coefficient (Wildman–Crippen LogP) is 1.24. The van der Waals surface area contributed by atoms with Crippen molar-refractivity contribution in [3.63, 3.8) is 0 Å². The molecule has 1 aliphatic heterocycles. The Kier molecular flexibility index (Phi) is 2.92. The number of rotatable bonds is 2. The summed E-state index contributed by atoms with van der Waals surface area (Å²) < 4.78 is 5.85. The molecular weight excluding hydrogens is 204 g/mol. The first-order valence-electron chi connectivity index (χ1n) is 5.53. The highest BCUT2D eigenvalue weighted by atomic mass is 16.5. The van der Waals surface area contributed by atoms with Crippen molar-refractivity contribution in [2.75, 3.05) is 24.3 Å². The molecule has 2 rings (SSSR count). The number of hydrogen-bond donors (Lipinski definition) is 2. The van der Waals surface area contributed by atoms with Gasteiger partial charge in [0.25, 0.3) is 0 Å². The first-order valence-corrected chi connectivity index (χ1v) is 5.53. The Balaban J connectivity index is 2.32. The zero-order valence-corrected chi connectivity index (χ0v) is 9.68. The number of nitrogens with zero attached hydrogens (tertiary/aromatic N) is 1. The third-order valence-electron chi connectivity index (χ3n) is 3.20. The molecule has 1 aliphatic rings. The zero-order valence-electron chi connectivity index (χ0n) is 9.68. The fraction of sp³-hybridized carbons (Fsp3) is 0.500. The fourth-order valence-electron chi connectivity index (χ4n) is 2.07. The highest BCUT2D eigenvalue weighted by Crippen LogP contribution is 2.37. The van der Waals surface area contributed by atoms with Crippen molar-refractivity contribution in [1.29, 1.82) is 0 Å². The molecule has 1 heterocycles. The molecule has 3 N–H and O–H groups in total. The maximum atomic E-state index is 9.00. The van der Waals surface area contributed by atoms with Gasteiger partial charge >= 0.3 is 0 Å². The lowest BCUT2D eigenvalue weighted by Crippen LogP contribution is -2.46. The largest absolute Gasteiger partial charge is 0.486 e. The van der Waals surface area contributed by atoms with E-state index in [-0.39, 0.29) is 18.8 Å². The normalized spacial score (nSPS) is 23.8. The molecule has 0 bridgehead atoms. The average molecular weight is 222 g/mol. The SMILES string of the molecule is CC1C(CCO)Oc2ccc(N)cc2N1C. The van der Waals surface area contributed by atoms with Crippen molar-refractivity contribution >= 4 is 11.4 Å². The smallest absolute Gasteiger partial charge is 0.143 e. The molecular formula is C12H18N2O2. The third-order valence-corrected chi connectivity index (χ3v) is 3.20. The maximum Gasteiger partial charge on any atom is 0.143 e. The molecule has 2 atom stereocenters. The van der Waals surface area contributed by atoms with Crippen molar-refractivity contribution in [1.82, 2.24) is 0 Å². The molecule has 4 nitrogen and oxygen atoms in total. The van der Waals surface area contributed by atoms with Gasteiger partial charge < -0.3 is 20.5 Å². The van der Waals surface area contributed by atoms with Crippen LogP contribution in [0, 0.1) is 0 Å². The summed E-state index contributed by atoms with van der Waals surface area (Å²) in [7, 11) is 2.02. The van der Waals surface area contributed by atoms with Crippen molar-refractivity contribution < 1.29 is 9.84 Å². The van der Waals surface area contributed by atoms with Gasteiger partial charge in [-0.05, 0) is 25.1 Å². The molecule has 0 saturated carbocycles. The molecule has 0 amide bonds. The van der Waals surface area contributed by atoms with E-state index < -0.39 is 0 Å². The van der Waals surface area contributed by atoms with Crippen LogP contribution >= 0.6 is 0 Å². The summed E-state index contributed by atoms with van der Waals surface area (Å²) in [6, 6.07) is 5.87. The van der Waals surface area contributed by atoms with E-state index in [9.17, 15) is 0 Å². The Labute approximate surface area is 95.6 Å². The summed E-state index contributed by atoms with van der Waals surface area (Å²) in [6.07, 6.45) is 0.682. The molecule has 0 radical (unpaired) electrons. The van der Waals surface area contributed by atoms with Crippen molar-refractivity contribution in [3.8, 4) is 5.75 Å². The van der Waals surface area contributed by atoms with Crippen LogP contribution in [0.1, 0.15) is 13.3 Å². The number of ether oxygens (including phenoxy) is 1. The van der Waals surface area contributed by atoms with E-state index >= 15 is 0 Å². The van der Waals surface area contributed by atoms with Gasteiger partial charge in [-0.1, -0.05) is 0 Å². The van der Waals surface area contributed by atoms with Gasteiger partial charge in [0.2, 0.25) is 0 Å². The lowest BCUT2D eigenvalue weighted by atomic mass is 10.0. The van der Waals surface area contributed by atoms with Crippen LogP contribution in [0.5, 0.6) is 5.75 Å². The second kappa shape index (κ2) is 4.22. The van der Waals surface area contributed by atoms with Crippen LogP contribution in [-0.4, -0.2) is 30.9 Å². The first-order chi connectivity index (χ1) is 7.63. The summed E-state index contributed by atoms with van der Waals surface area (Å²) in [5.41, 5.74) is 7.51. The van der Waals surface area contributed by atoms with Crippen molar-refractivity contribution in [3.05, 3.63) is 18.2 Å². The Hall–Kier alpha value is -1.42. The van der Waals surface area contributed by atoms with E-state index in [0.29, 0.717) is 6.42 Å². The third kappa shape index (κ3) is 1.80. The number of likely N-dealkylation sites (N-methyl/N-ethyl adjacent to an activating group) is 1. The lowest BCUT2D eigenvalue weighted by Gasteiger charge is -2.39. The molecule has 0 saturated heterocycles. The van der Waals surface area contributed by atoms with Gasteiger partial charge in [-0.15, -0.1) is 0 Å². The van der Waals surface area contributed by atoms with E-state index in [4.69, 9.17) is 15.6 Å². The van der Waals surface area contributed by atoms with Gasteiger partial charge in [0.05, 0.1) is 11.7 Å². The van der Waals surface area contributed by atoms with E-state index in [1.807, 2.05) is 25.2 Å². The standard InChI is InChI=1S/C12H18N2O2/c1-8-11(5-6-15)16-12-4-3-9(13)7-10(12)14(8)2/h3-4,7-8,11,15H,5-6,13H2,1-2H3. The molecule has 0 aromatic heterocycles. The molecule has 88 valence electrons. The number of benzene rings is 1. The Morgan fingerprint density at radius 3 is 2.94 bits per heavy atom. The quantitative estimate of drug-likeness (QED) is 0.739. The Morgan fingerprint density at radius 1 is 1.50 bits per heavy atom. The number of anilines is 2. The van der Waals surface area contributed by atoms with Gasteiger partial charge in [0.15, 0.2) is 0 Å². The number of aliphatic hydroxyl groups excluding tert-OH is 1. The summed E-state index contributed by atoms with van der Waals surface area (Å²) in [6.45, 7) is 2.24. The monoisotopic (exact) mass is 222 g/mol. The van der Waals surface area contributed by atoms with Gasteiger partial charge in [-0.3, -0.25) is 0 Å². The van der Waals surface area contributed by atoms with E-state index in [1.54, 1.807) is 0 Å². The second-order valence-corrected chi connectivity index (χ2v) is 4.25. The molecule has 2 unspecified atom stereocenters. The van der Waals surface area contributed by atoms with E-state index in [1.165, 1.54) is 0 Å². The van der Waals surface area contributed by atoms with Crippen molar-refractivity contribution in [2.45, 2.75) is 25.5 Å². The van der Waals surface area contributed by atoms with Crippen molar-refractivity contribution in [2.24, 2.45) is 0 Å². The summed E-state index contributed by atoms with van der Waals surface area (Å²) >= 11 is 0. The van der Waals surface area contributed by atoms with Crippen LogP contribution in [0.3, 0.4) is 0 Å². The van der Waals surface area contributed by atoms with Gasteiger partial charge in [-0.2, -0.15) is 0 Å². The summed E-state index contributed by atoms with van der Waals surface area (Å²) in [5, 5.41) is 9.00. The summed E-state index contributed by atoms with van der Waals surface area (Å²) in [4.78, 5) is 2.15. The van der Waals surface area contributed by atoms with Gasteiger partial charge in [0.1, 0.15) is 11.9 Å². The number of nitrogen functional groups attached to an aromatic ring is 1. The Morgan fingerprint density at radius 2 is 2.25 bits per heavy atom. The number of hydrogen-bond acceptors (Lipinski definition) is 4. The number of nitrogens with two attached hydrogens (primary N) is 1. The molecule has 0 fully saturated rings. The fourth-order valence-corrected chi connectivity index (χ4v) is 2.07. The van der Waals surface area contributed by atoms with Crippen LogP contribution in [0.15, 0.2) is 18.2 Å². The molecule has 4 heteroatoms. The first kappa shape index (κ1) is 11.1. The minimum absolute atomic E-state index is 0.0334. The molecule has 0 spiro atoms. The Bertz CT molecular complexity index is 381. The highest BCUT2D eigenvalue weighted by molar-refractivity contribution is 5.66. The van der Waals surface area contributed by atoms with Crippen LogP contribution < -0.4 is 15.4 Å². The van der Waals surface area contributed by atoms with Crippen LogP contribution in [0.25, 0.3) is 0 Å². The van der Waals surface area contributed by atoms with Gasteiger partial charge in [0, 0.05) is 25.8 Å². The topological polar surface area (TPSA) is 58.7 Å². The zero-order chi connectivity index (χ0) is 11.7. The lowest BCUT2D eigenvalue weighted by molar-refractivity contribution is 0.124. The van der Waals surface area contributed by atoms with E-state index in [2.05, 4.69) is 11.8 Å². The van der Waals surface area contributed by atoms with Crippen LogP contribution in [0.4, 0.5) is 11.4 Å². The second-order valence-electron chi connectivity index (χ2n) is 4.25. The van der Waals surface area contributed by atoms with Gasteiger partial charge in [-0.25, -0.2) is 0 Å². The molecule has 0 aliphatic carbocycles. The highest BCUT2D eigenvalue weighted by Gasteiger charge is 2.30. The number of fused-ring (bicyclic) bond motifs is 1. The minimum atomic E-state index is 0.0334. The van der Waals surface area contributed by atoms with Crippen LogP contribution in [0.2, 0.25) is 0 Å². The molecule has 16 heavy (non-hydrogen) atoms. The molecule has 1 aromatic rings. The minimum Gasteiger partial charge on any atom is -0.486 e. The summed E-state index contributed by atoms with van der Waals surface area (Å²) in [5.74, 6) is 0.841.